The average Bonchev–Trinajstić information content (AvgIpc) is 2.43. The third kappa shape index (κ3) is 1.98. The Morgan fingerprint density at radius 2 is 2.13 bits per heavy atom. The Kier molecular flexibility index (Phi) is 2.67. The minimum absolute atomic E-state index is 0.736. The summed E-state index contributed by atoms with van der Waals surface area (Å²) in [5, 5.41) is 0.736. The first-order chi connectivity index (χ1) is 7.08. The fourth-order valence-electron chi connectivity index (χ4n) is 1.68. The molecule has 0 spiro atoms. The molecule has 0 bridgehead atoms. The maximum atomic E-state index is 5.97. The zero-order valence-electron chi connectivity index (χ0n) is 9.16. The Morgan fingerprint density at radius 3 is 2.80 bits per heavy atom. The first-order valence-corrected chi connectivity index (χ1v) is 5.23. The van der Waals surface area contributed by atoms with Crippen molar-refractivity contribution < 1.29 is 0 Å². The Labute approximate surface area is 94.3 Å². The minimum atomic E-state index is 0.736. The summed E-state index contributed by atoms with van der Waals surface area (Å²) in [6.45, 7) is 2.90. The number of aryl methyl sites for hydroxylation is 1. The predicted octanol–water partition coefficient (Wildman–Crippen LogP) is 2.36. The molecular weight excluding hydrogens is 210 g/mol. The largest absolute Gasteiger partial charge is 0.304 e. The molecule has 0 amide bonds. The van der Waals surface area contributed by atoms with Gasteiger partial charge in [-0.1, -0.05) is 11.6 Å². The van der Waals surface area contributed by atoms with Gasteiger partial charge in [-0.25, -0.2) is 4.98 Å². The first kappa shape index (κ1) is 10.5. The molecule has 0 aromatic carbocycles. The number of pyridine rings is 1. The fourth-order valence-corrected chi connectivity index (χ4v) is 1.84. The van der Waals surface area contributed by atoms with Gasteiger partial charge in [0, 0.05) is 12.7 Å². The Balaban J connectivity index is 2.60. The van der Waals surface area contributed by atoms with Crippen LogP contribution in [0.2, 0.25) is 5.02 Å². The zero-order chi connectivity index (χ0) is 11.0. The van der Waals surface area contributed by atoms with Gasteiger partial charge in [0.05, 0.1) is 16.4 Å². The van der Waals surface area contributed by atoms with E-state index in [1.807, 2.05) is 39.3 Å². The topological polar surface area (TPSA) is 20.5 Å². The van der Waals surface area contributed by atoms with Crippen LogP contribution in [0.25, 0.3) is 5.65 Å². The molecule has 0 fully saturated rings. The van der Waals surface area contributed by atoms with Gasteiger partial charge in [-0.05, 0) is 33.2 Å². The Morgan fingerprint density at radius 1 is 1.40 bits per heavy atom. The Hall–Kier alpha value is -1.06. The summed E-state index contributed by atoms with van der Waals surface area (Å²) in [4.78, 5) is 6.61. The standard InChI is InChI=1S/C11H14ClN3/c1-8-10(7-14(2)3)15-6-9(12)4-5-11(15)13-8/h4-6H,7H2,1-3H3. The summed E-state index contributed by atoms with van der Waals surface area (Å²) < 4.78 is 2.05. The molecule has 0 aliphatic carbocycles. The lowest BCUT2D eigenvalue weighted by molar-refractivity contribution is 0.394. The van der Waals surface area contributed by atoms with Gasteiger partial charge in [0.25, 0.3) is 0 Å². The molecule has 4 heteroatoms. The third-order valence-electron chi connectivity index (χ3n) is 2.35. The van der Waals surface area contributed by atoms with Crippen molar-refractivity contribution in [1.29, 1.82) is 0 Å². The van der Waals surface area contributed by atoms with E-state index in [-0.39, 0.29) is 0 Å². The summed E-state index contributed by atoms with van der Waals surface area (Å²) in [5.74, 6) is 0. The molecule has 2 heterocycles. The molecule has 3 nitrogen and oxygen atoms in total. The third-order valence-corrected chi connectivity index (χ3v) is 2.57. The van der Waals surface area contributed by atoms with Crippen LogP contribution in [0.4, 0.5) is 0 Å². The second-order valence-corrected chi connectivity index (χ2v) is 4.39. The van der Waals surface area contributed by atoms with Crippen molar-refractivity contribution in [2.45, 2.75) is 13.5 Å². The van der Waals surface area contributed by atoms with Crippen molar-refractivity contribution in [2.24, 2.45) is 0 Å². The minimum Gasteiger partial charge on any atom is -0.304 e. The van der Waals surface area contributed by atoms with Crippen molar-refractivity contribution in [3.63, 3.8) is 0 Å². The first-order valence-electron chi connectivity index (χ1n) is 4.86. The van der Waals surface area contributed by atoms with Crippen LogP contribution >= 0.6 is 11.6 Å². The zero-order valence-corrected chi connectivity index (χ0v) is 9.91. The van der Waals surface area contributed by atoms with E-state index >= 15 is 0 Å². The molecule has 2 aromatic rings. The second-order valence-electron chi connectivity index (χ2n) is 3.96. The van der Waals surface area contributed by atoms with Gasteiger partial charge in [-0.15, -0.1) is 0 Å². The van der Waals surface area contributed by atoms with Crippen molar-refractivity contribution in [1.82, 2.24) is 14.3 Å². The van der Waals surface area contributed by atoms with Gasteiger partial charge in [-0.3, -0.25) is 0 Å². The highest BCUT2D eigenvalue weighted by molar-refractivity contribution is 6.30. The highest BCUT2D eigenvalue weighted by Gasteiger charge is 2.09. The molecule has 0 aliphatic heterocycles. The van der Waals surface area contributed by atoms with Crippen LogP contribution in [-0.2, 0) is 6.54 Å². The summed E-state index contributed by atoms with van der Waals surface area (Å²) in [7, 11) is 4.09. The van der Waals surface area contributed by atoms with Gasteiger partial charge in [0.1, 0.15) is 5.65 Å². The lowest BCUT2D eigenvalue weighted by Crippen LogP contribution is -2.13. The highest BCUT2D eigenvalue weighted by Crippen LogP contribution is 2.16. The van der Waals surface area contributed by atoms with E-state index in [2.05, 4.69) is 14.3 Å². The van der Waals surface area contributed by atoms with Crippen molar-refractivity contribution >= 4 is 17.2 Å². The summed E-state index contributed by atoms with van der Waals surface area (Å²) in [5.41, 5.74) is 3.21. The maximum Gasteiger partial charge on any atom is 0.137 e. The molecule has 2 aromatic heterocycles. The molecule has 0 unspecified atom stereocenters. The summed E-state index contributed by atoms with van der Waals surface area (Å²) >= 11 is 5.97. The summed E-state index contributed by atoms with van der Waals surface area (Å²) in [6.07, 6.45) is 1.91. The number of hydrogen-bond acceptors (Lipinski definition) is 2. The molecule has 15 heavy (non-hydrogen) atoms. The average molecular weight is 224 g/mol. The van der Waals surface area contributed by atoms with Crippen LogP contribution < -0.4 is 0 Å². The molecule has 0 saturated heterocycles. The number of nitrogens with zero attached hydrogens (tertiary/aromatic N) is 3. The predicted molar refractivity (Wildman–Crippen MR) is 62.3 cm³/mol. The number of rotatable bonds is 2. The van der Waals surface area contributed by atoms with E-state index in [0.29, 0.717) is 0 Å². The van der Waals surface area contributed by atoms with Crippen molar-refractivity contribution in [2.75, 3.05) is 14.1 Å². The fraction of sp³-hybridized carbons (Fsp3) is 0.364. The van der Waals surface area contributed by atoms with E-state index in [9.17, 15) is 0 Å². The molecule has 0 N–H and O–H groups in total. The highest BCUT2D eigenvalue weighted by atomic mass is 35.5. The monoisotopic (exact) mass is 223 g/mol. The lowest BCUT2D eigenvalue weighted by Gasteiger charge is -2.10. The van der Waals surface area contributed by atoms with Gasteiger partial charge in [0.2, 0.25) is 0 Å². The number of imidazole rings is 1. The normalized spacial score (nSPS) is 11.5. The van der Waals surface area contributed by atoms with Crippen LogP contribution in [0.3, 0.4) is 0 Å². The Bertz CT molecular complexity index is 488. The number of aromatic nitrogens is 2. The quantitative estimate of drug-likeness (QED) is 0.779. The van der Waals surface area contributed by atoms with E-state index in [4.69, 9.17) is 11.6 Å². The molecule has 0 saturated carbocycles. The molecule has 0 atom stereocenters. The van der Waals surface area contributed by atoms with Gasteiger partial charge >= 0.3 is 0 Å². The number of hydrogen-bond donors (Lipinski definition) is 0. The summed E-state index contributed by atoms with van der Waals surface area (Å²) in [6, 6.07) is 3.80. The van der Waals surface area contributed by atoms with Crippen LogP contribution in [0, 0.1) is 6.92 Å². The SMILES string of the molecule is Cc1nc2ccc(Cl)cn2c1CN(C)C. The molecule has 0 aliphatic rings. The van der Waals surface area contributed by atoms with E-state index in [1.54, 1.807) is 0 Å². The van der Waals surface area contributed by atoms with Crippen molar-refractivity contribution in [3.8, 4) is 0 Å². The van der Waals surface area contributed by atoms with E-state index < -0.39 is 0 Å². The smallest absolute Gasteiger partial charge is 0.137 e. The van der Waals surface area contributed by atoms with Crippen LogP contribution in [0.1, 0.15) is 11.4 Å². The van der Waals surface area contributed by atoms with Crippen LogP contribution in [0.15, 0.2) is 18.3 Å². The van der Waals surface area contributed by atoms with Crippen molar-refractivity contribution in [3.05, 3.63) is 34.7 Å². The van der Waals surface area contributed by atoms with Gasteiger partial charge in [0.15, 0.2) is 0 Å². The molecule has 80 valence electrons. The maximum absolute atomic E-state index is 5.97. The number of fused-ring (bicyclic) bond motifs is 1. The van der Waals surface area contributed by atoms with Gasteiger partial charge < -0.3 is 9.30 Å². The second kappa shape index (κ2) is 3.83. The lowest BCUT2D eigenvalue weighted by atomic mass is 10.3. The van der Waals surface area contributed by atoms with E-state index in [1.165, 1.54) is 5.69 Å². The molecule has 0 radical (unpaired) electrons. The number of halogens is 1. The molecule has 2 rings (SSSR count). The van der Waals surface area contributed by atoms with Crippen LogP contribution in [0.5, 0.6) is 0 Å². The molecular formula is C11H14ClN3. The van der Waals surface area contributed by atoms with Gasteiger partial charge in [-0.2, -0.15) is 0 Å². The van der Waals surface area contributed by atoms with Crippen LogP contribution in [-0.4, -0.2) is 28.4 Å². The van der Waals surface area contributed by atoms with E-state index in [0.717, 1.165) is 22.9 Å².